The molecule has 0 atom stereocenters. The van der Waals surface area contributed by atoms with E-state index in [-0.39, 0.29) is 17.0 Å². The molecule has 11 heteroatoms. The summed E-state index contributed by atoms with van der Waals surface area (Å²) in [6, 6.07) is 10.8. The van der Waals surface area contributed by atoms with Crippen LogP contribution in [0.25, 0.3) is 11.0 Å². The van der Waals surface area contributed by atoms with Gasteiger partial charge in [-0.15, -0.1) is 0 Å². The fourth-order valence-electron chi connectivity index (χ4n) is 2.92. The first-order valence-electron chi connectivity index (χ1n) is 9.02. The van der Waals surface area contributed by atoms with Gasteiger partial charge in [0.2, 0.25) is 15.9 Å². The van der Waals surface area contributed by atoms with Gasteiger partial charge in [-0.05, 0) is 36.4 Å². The Labute approximate surface area is 175 Å². The summed E-state index contributed by atoms with van der Waals surface area (Å²) in [7, 11) is -4.15. The number of carbonyl (C=O) groups excluding carboxylic acids is 1. The topological polar surface area (TPSA) is 96.7 Å². The molecule has 1 heterocycles. The van der Waals surface area contributed by atoms with Gasteiger partial charge in [-0.25, -0.2) is 13.2 Å². The van der Waals surface area contributed by atoms with Gasteiger partial charge < -0.3 is 9.73 Å². The highest BCUT2D eigenvalue weighted by Gasteiger charge is 2.34. The molecule has 31 heavy (non-hydrogen) atoms. The lowest BCUT2D eigenvalue weighted by atomic mass is 10.1. The summed E-state index contributed by atoms with van der Waals surface area (Å²) in [5.74, 6) is -0.922. The predicted molar refractivity (Wildman–Crippen MR) is 107 cm³/mol. The van der Waals surface area contributed by atoms with Gasteiger partial charge in [0.1, 0.15) is 5.58 Å². The smallest absolute Gasteiger partial charge is 0.418 e. The number of anilines is 1. The predicted octanol–water partition coefficient (Wildman–Crippen LogP) is 3.46. The number of para-hydroxylation sites is 1. The van der Waals surface area contributed by atoms with Crippen LogP contribution in [-0.4, -0.2) is 31.7 Å². The number of rotatable bonds is 6. The van der Waals surface area contributed by atoms with Gasteiger partial charge in [0.05, 0.1) is 22.7 Å². The van der Waals surface area contributed by atoms with E-state index in [0.29, 0.717) is 5.39 Å². The van der Waals surface area contributed by atoms with E-state index in [4.69, 9.17) is 4.42 Å². The highest BCUT2D eigenvalue weighted by Crippen LogP contribution is 2.34. The minimum Gasteiger partial charge on any atom is -0.423 e. The molecule has 0 aliphatic rings. The molecule has 0 unspecified atom stereocenters. The molecule has 0 bridgehead atoms. The van der Waals surface area contributed by atoms with Crippen LogP contribution in [0, 0.1) is 0 Å². The first kappa shape index (κ1) is 22.5. The Balaban J connectivity index is 1.84. The van der Waals surface area contributed by atoms with Gasteiger partial charge in [-0.3, -0.25) is 4.79 Å². The van der Waals surface area contributed by atoms with Crippen molar-refractivity contribution < 1.29 is 30.8 Å². The molecule has 1 amide bonds. The number of nitrogens with zero attached hydrogens (tertiary/aromatic N) is 1. The van der Waals surface area contributed by atoms with Gasteiger partial charge in [0.25, 0.3) is 0 Å². The van der Waals surface area contributed by atoms with E-state index in [9.17, 15) is 31.2 Å². The van der Waals surface area contributed by atoms with Crippen LogP contribution in [-0.2, 0) is 21.0 Å². The van der Waals surface area contributed by atoms with Crippen LogP contribution in [0.5, 0.6) is 0 Å². The van der Waals surface area contributed by atoms with Crippen LogP contribution in [0.3, 0.4) is 0 Å². The van der Waals surface area contributed by atoms with E-state index in [2.05, 4.69) is 5.32 Å². The fourth-order valence-corrected chi connectivity index (χ4v) is 4.36. The fraction of sp³-hybridized carbons (Fsp3) is 0.200. The van der Waals surface area contributed by atoms with Crippen LogP contribution in [0.1, 0.15) is 12.5 Å². The van der Waals surface area contributed by atoms with E-state index >= 15 is 0 Å². The number of carbonyl (C=O) groups is 1. The van der Waals surface area contributed by atoms with Crippen molar-refractivity contribution in [2.75, 3.05) is 18.4 Å². The summed E-state index contributed by atoms with van der Waals surface area (Å²) in [5.41, 5.74) is -1.90. The van der Waals surface area contributed by atoms with E-state index in [1.54, 1.807) is 0 Å². The van der Waals surface area contributed by atoms with Crippen molar-refractivity contribution in [1.82, 2.24) is 4.31 Å². The maximum absolute atomic E-state index is 13.1. The lowest BCUT2D eigenvalue weighted by Gasteiger charge is -2.21. The van der Waals surface area contributed by atoms with Gasteiger partial charge in [-0.1, -0.05) is 19.1 Å². The van der Waals surface area contributed by atoms with Crippen LogP contribution < -0.4 is 10.9 Å². The number of hydrogen-bond acceptors (Lipinski definition) is 5. The summed E-state index contributed by atoms with van der Waals surface area (Å²) < 4.78 is 71.0. The highest BCUT2D eigenvalue weighted by atomic mass is 32.2. The zero-order valence-corrected chi connectivity index (χ0v) is 17.0. The molecule has 164 valence electrons. The summed E-state index contributed by atoms with van der Waals surface area (Å²) in [6.45, 7) is 0.708. The van der Waals surface area contributed by atoms with Crippen molar-refractivity contribution in [3.63, 3.8) is 0 Å². The zero-order chi connectivity index (χ0) is 22.8. The maximum Gasteiger partial charge on any atom is 0.418 e. The normalized spacial score (nSPS) is 12.3. The average Bonchev–Trinajstić information content (AvgIpc) is 2.71. The van der Waals surface area contributed by atoms with Crippen LogP contribution in [0.4, 0.5) is 18.9 Å². The molecule has 1 N–H and O–H groups in total. The summed E-state index contributed by atoms with van der Waals surface area (Å²) in [5, 5.41) is 2.49. The number of alkyl halides is 3. The SMILES string of the molecule is CCN(CC(=O)Nc1ccccc1C(F)(F)F)S(=O)(=O)c1ccc2oc(=O)ccc2c1. The van der Waals surface area contributed by atoms with Crippen LogP contribution in [0.15, 0.2) is 68.7 Å². The first-order valence-corrected chi connectivity index (χ1v) is 10.5. The van der Waals surface area contributed by atoms with Crippen molar-refractivity contribution in [3.8, 4) is 0 Å². The first-order chi connectivity index (χ1) is 14.5. The third-order valence-electron chi connectivity index (χ3n) is 4.41. The molecule has 0 aliphatic heterocycles. The average molecular weight is 454 g/mol. The Bertz CT molecular complexity index is 1290. The summed E-state index contributed by atoms with van der Waals surface area (Å²) in [4.78, 5) is 23.5. The Hall–Kier alpha value is -3.18. The van der Waals surface area contributed by atoms with Crippen LogP contribution in [0.2, 0.25) is 0 Å². The third-order valence-corrected chi connectivity index (χ3v) is 6.32. The maximum atomic E-state index is 13.1. The Morgan fingerprint density at radius 2 is 1.81 bits per heavy atom. The molecule has 0 aliphatic carbocycles. The zero-order valence-electron chi connectivity index (χ0n) is 16.1. The van der Waals surface area contributed by atoms with Crippen molar-refractivity contribution >= 4 is 32.6 Å². The molecular formula is C20H17F3N2O5S. The number of halogens is 3. The minimum absolute atomic E-state index is 0.0986. The second kappa shape index (κ2) is 8.52. The van der Waals surface area contributed by atoms with Crippen molar-refractivity contribution in [2.24, 2.45) is 0 Å². The van der Waals surface area contributed by atoms with E-state index in [1.807, 2.05) is 0 Å². The molecule has 0 saturated heterocycles. The number of nitrogens with one attached hydrogen (secondary N) is 1. The summed E-state index contributed by atoms with van der Waals surface area (Å²) in [6.07, 6.45) is -4.68. The second-order valence-corrected chi connectivity index (χ2v) is 8.41. The van der Waals surface area contributed by atoms with Crippen molar-refractivity contribution in [1.29, 1.82) is 0 Å². The Morgan fingerprint density at radius 1 is 1.10 bits per heavy atom. The number of amides is 1. The molecule has 1 aromatic heterocycles. The van der Waals surface area contributed by atoms with Gasteiger partial charge in [0.15, 0.2) is 0 Å². The standard InChI is InChI=1S/C20H17F3N2O5S/c1-2-25(12-18(26)24-16-6-4-3-5-15(16)20(21,22)23)31(28,29)14-8-9-17-13(11-14)7-10-19(27)30-17/h3-11H,2,12H2,1H3,(H,24,26). The van der Waals surface area contributed by atoms with Crippen molar-refractivity contribution in [2.45, 2.75) is 18.0 Å². The molecule has 3 aromatic rings. The van der Waals surface area contributed by atoms with Crippen LogP contribution >= 0.6 is 0 Å². The largest absolute Gasteiger partial charge is 0.423 e. The number of hydrogen-bond donors (Lipinski definition) is 1. The minimum atomic E-state index is -4.68. The lowest BCUT2D eigenvalue weighted by Crippen LogP contribution is -2.38. The molecule has 0 fully saturated rings. The third kappa shape index (κ3) is 4.94. The summed E-state index contributed by atoms with van der Waals surface area (Å²) >= 11 is 0. The van der Waals surface area contributed by atoms with Gasteiger partial charge >= 0.3 is 11.8 Å². The van der Waals surface area contributed by atoms with E-state index in [1.165, 1.54) is 43.3 Å². The number of sulfonamides is 1. The highest BCUT2D eigenvalue weighted by molar-refractivity contribution is 7.89. The number of benzene rings is 2. The van der Waals surface area contributed by atoms with Gasteiger partial charge in [-0.2, -0.15) is 17.5 Å². The molecule has 0 saturated carbocycles. The van der Waals surface area contributed by atoms with Gasteiger partial charge in [0, 0.05) is 18.0 Å². The second-order valence-electron chi connectivity index (χ2n) is 6.48. The van der Waals surface area contributed by atoms with E-state index < -0.39 is 45.5 Å². The number of likely N-dealkylation sites (N-methyl/N-ethyl adjacent to an activating group) is 1. The van der Waals surface area contributed by atoms with Crippen molar-refractivity contribution in [3.05, 3.63) is 70.6 Å². The Kier molecular flexibility index (Phi) is 6.18. The lowest BCUT2D eigenvalue weighted by molar-refractivity contribution is -0.137. The molecule has 2 aromatic carbocycles. The monoisotopic (exact) mass is 454 g/mol. The quantitative estimate of drug-likeness (QED) is 0.576. The molecule has 3 rings (SSSR count). The molecular weight excluding hydrogens is 437 g/mol. The molecule has 7 nitrogen and oxygen atoms in total. The van der Waals surface area contributed by atoms with E-state index in [0.717, 1.165) is 22.5 Å². The number of fused-ring (bicyclic) bond motifs is 1. The Morgan fingerprint density at radius 3 is 2.48 bits per heavy atom. The molecule has 0 spiro atoms. The molecule has 0 radical (unpaired) electrons.